The van der Waals surface area contributed by atoms with Crippen molar-refractivity contribution in [3.63, 3.8) is 0 Å². The van der Waals surface area contributed by atoms with Crippen LogP contribution in [0.2, 0.25) is 0 Å². The lowest BCUT2D eigenvalue weighted by atomic mass is 9.68. The molecule has 1 aromatic rings. The van der Waals surface area contributed by atoms with Crippen LogP contribution in [0.1, 0.15) is 68.4 Å². The van der Waals surface area contributed by atoms with Gasteiger partial charge in [0.05, 0.1) is 17.7 Å². The first kappa shape index (κ1) is 18.5. The summed E-state index contributed by atoms with van der Waals surface area (Å²) in [5.41, 5.74) is 2.18. The Kier molecular flexibility index (Phi) is 6.68. The predicted molar refractivity (Wildman–Crippen MR) is 105 cm³/mol. The zero-order chi connectivity index (χ0) is 18.2. The monoisotopic (exact) mass is 344 g/mol. The Morgan fingerprint density at radius 1 is 0.769 bits per heavy atom. The zero-order valence-electron chi connectivity index (χ0n) is 15.5. The molecule has 0 amide bonds. The summed E-state index contributed by atoms with van der Waals surface area (Å²) in [7, 11) is 0. The van der Waals surface area contributed by atoms with Crippen molar-refractivity contribution >= 4 is 0 Å². The fourth-order valence-electron chi connectivity index (χ4n) is 4.88. The van der Waals surface area contributed by atoms with Gasteiger partial charge >= 0.3 is 0 Å². The molecule has 0 N–H and O–H groups in total. The van der Waals surface area contributed by atoms with Crippen LogP contribution in [0.3, 0.4) is 0 Å². The number of hydrogen-bond acceptors (Lipinski definition) is 2. The Hall–Kier alpha value is -2.32. The Labute approximate surface area is 157 Å². The van der Waals surface area contributed by atoms with E-state index in [1.165, 1.54) is 63.0 Å². The molecule has 2 saturated carbocycles. The summed E-state index contributed by atoms with van der Waals surface area (Å²) < 4.78 is 0. The van der Waals surface area contributed by atoms with Crippen molar-refractivity contribution in [1.29, 1.82) is 10.5 Å². The van der Waals surface area contributed by atoms with Gasteiger partial charge in [0, 0.05) is 6.08 Å². The molecule has 0 aliphatic heterocycles. The van der Waals surface area contributed by atoms with E-state index in [0.717, 1.165) is 17.4 Å². The minimum atomic E-state index is 0.685. The van der Waals surface area contributed by atoms with Gasteiger partial charge in [-0.15, -0.1) is 0 Å². The molecule has 0 radical (unpaired) electrons. The van der Waals surface area contributed by atoms with Crippen LogP contribution in [0.25, 0.3) is 0 Å². The second-order valence-electron chi connectivity index (χ2n) is 7.89. The van der Waals surface area contributed by atoms with Crippen LogP contribution in [0.15, 0.2) is 48.6 Å². The highest BCUT2D eigenvalue weighted by Crippen LogP contribution is 2.44. The predicted octanol–water partition coefficient (Wildman–Crippen LogP) is 6.27. The maximum atomic E-state index is 8.94. The maximum absolute atomic E-state index is 8.94. The summed E-state index contributed by atoms with van der Waals surface area (Å²) in [5, 5.41) is 17.5. The van der Waals surface area contributed by atoms with Gasteiger partial charge in [-0.2, -0.15) is 10.5 Å². The van der Waals surface area contributed by atoms with E-state index in [0.29, 0.717) is 11.8 Å². The highest BCUT2D eigenvalue weighted by atomic mass is 14.4. The van der Waals surface area contributed by atoms with E-state index in [-0.39, 0.29) is 0 Å². The largest absolute Gasteiger partial charge is 0.193 e. The Morgan fingerprint density at radius 2 is 1.38 bits per heavy atom. The van der Waals surface area contributed by atoms with Crippen LogP contribution >= 0.6 is 0 Å². The Balaban J connectivity index is 1.44. The quantitative estimate of drug-likeness (QED) is 0.477. The number of nitrogens with zero attached hydrogens (tertiary/aromatic N) is 2. The summed E-state index contributed by atoms with van der Waals surface area (Å²) in [4.78, 5) is 0. The highest BCUT2D eigenvalue weighted by molar-refractivity contribution is 5.33. The van der Waals surface area contributed by atoms with Crippen molar-refractivity contribution < 1.29 is 0 Å². The number of allylic oxidation sites excluding steroid dienone is 4. The standard InChI is InChI=1S/C24H28N2/c25-17-3-1-2-4-19-5-9-21(10-6-19)23-13-15-24(16-14-23)22-11-7-20(18-26)8-12-22/h1-4,7-8,11-12,19,21,23-24H,5-6,9-10,13-16H2/t19-,21-,23-,24-. The normalized spacial score (nSPS) is 29.5. The first-order valence-electron chi connectivity index (χ1n) is 10.0. The SMILES string of the molecule is N#CC=CC=C[C@H]1CC[C@H]([C@H]2CC[C@H](c3ccc(C#N)cc3)CC2)CC1. The minimum absolute atomic E-state index is 0.685. The molecule has 0 saturated heterocycles. The van der Waals surface area contributed by atoms with Crippen molar-refractivity contribution in [2.75, 3.05) is 0 Å². The molecule has 0 spiro atoms. The van der Waals surface area contributed by atoms with Crippen LogP contribution in [-0.2, 0) is 0 Å². The molecular formula is C24H28N2. The molecule has 1 aromatic carbocycles. The summed E-state index contributed by atoms with van der Waals surface area (Å²) in [6.45, 7) is 0. The van der Waals surface area contributed by atoms with Gasteiger partial charge in [0.1, 0.15) is 0 Å². The van der Waals surface area contributed by atoms with E-state index < -0.39 is 0 Å². The van der Waals surface area contributed by atoms with Gasteiger partial charge in [0.15, 0.2) is 0 Å². The van der Waals surface area contributed by atoms with Gasteiger partial charge < -0.3 is 0 Å². The molecule has 0 atom stereocenters. The average molecular weight is 345 g/mol. The topological polar surface area (TPSA) is 47.6 Å². The van der Waals surface area contributed by atoms with Crippen LogP contribution in [0.4, 0.5) is 0 Å². The van der Waals surface area contributed by atoms with E-state index in [9.17, 15) is 0 Å². The molecule has 0 unspecified atom stereocenters. The molecule has 0 bridgehead atoms. The van der Waals surface area contributed by atoms with Gasteiger partial charge in [-0.1, -0.05) is 30.4 Å². The molecule has 0 aromatic heterocycles. The Bertz CT molecular complexity index is 698. The van der Waals surface area contributed by atoms with Gasteiger partial charge in [-0.25, -0.2) is 0 Å². The minimum Gasteiger partial charge on any atom is -0.193 e. The lowest BCUT2D eigenvalue weighted by molar-refractivity contribution is 0.171. The third kappa shape index (κ3) is 4.86. The molecule has 26 heavy (non-hydrogen) atoms. The second-order valence-corrected chi connectivity index (χ2v) is 7.89. The summed E-state index contributed by atoms with van der Waals surface area (Å²) >= 11 is 0. The molecule has 134 valence electrons. The number of benzene rings is 1. The first-order valence-corrected chi connectivity index (χ1v) is 10.0. The smallest absolute Gasteiger partial charge is 0.0991 e. The highest BCUT2D eigenvalue weighted by Gasteiger charge is 2.30. The average Bonchev–Trinajstić information content (AvgIpc) is 2.72. The summed E-state index contributed by atoms with van der Waals surface area (Å²) in [5.74, 6) is 3.21. The van der Waals surface area contributed by atoms with E-state index in [1.807, 2.05) is 30.4 Å². The van der Waals surface area contributed by atoms with E-state index in [1.54, 1.807) is 0 Å². The fraction of sp³-hybridized carbons (Fsp3) is 0.500. The second kappa shape index (κ2) is 9.40. The summed E-state index contributed by atoms with van der Waals surface area (Å²) in [6.07, 6.45) is 18.4. The van der Waals surface area contributed by atoms with Crippen LogP contribution in [0, 0.1) is 40.4 Å². The molecule has 2 fully saturated rings. The number of hydrogen-bond donors (Lipinski definition) is 0. The molecule has 2 heteroatoms. The van der Waals surface area contributed by atoms with Gasteiger partial charge in [0.25, 0.3) is 0 Å². The van der Waals surface area contributed by atoms with Crippen molar-refractivity contribution in [2.45, 2.75) is 57.3 Å². The third-order valence-corrected chi connectivity index (χ3v) is 6.43. The van der Waals surface area contributed by atoms with Crippen molar-refractivity contribution in [2.24, 2.45) is 17.8 Å². The maximum Gasteiger partial charge on any atom is 0.0991 e. The third-order valence-electron chi connectivity index (χ3n) is 6.43. The van der Waals surface area contributed by atoms with Gasteiger partial charge in [-0.3, -0.25) is 0 Å². The molecule has 2 aliphatic rings. The molecule has 2 aliphatic carbocycles. The number of rotatable bonds is 4. The van der Waals surface area contributed by atoms with Crippen LogP contribution in [-0.4, -0.2) is 0 Å². The molecule has 0 heterocycles. The summed E-state index contributed by atoms with van der Waals surface area (Å²) in [6, 6.07) is 12.5. The van der Waals surface area contributed by atoms with Crippen molar-refractivity contribution in [3.8, 4) is 12.1 Å². The Morgan fingerprint density at radius 3 is 1.96 bits per heavy atom. The zero-order valence-corrected chi connectivity index (χ0v) is 15.5. The first-order chi connectivity index (χ1) is 12.8. The molecule has 2 nitrogen and oxygen atoms in total. The van der Waals surface area contributed by atoms with Gasteiger partial charge in [0.2, 0.25) is 0 Å². The van der Waals surface area contributed by atoms with Crippen LogP contribution < -0.4 is 0 Å². The van der Waals surface area contributed by atoms with Crippen LogP contribution in [0.5, 0.6) is 0 Å². The fourth-order valence-corrected chi connectivity index (χ4v) is 4.88. The van der Waals surface area contributed by atoms with Crippen molar-refractivity contribution in [1.82, 2.24) is 0 Å². The molecular weight excluding hydrogens is 316 g/mol. The number of nitriles is 2. The van der Waals surface area contributed by atoms with E-state index in [2.05, 4.69) is 24.3 Å². The lowest BCUT2D eigenvalue weighted by Gasteiger charge is -2.37. The lowest BCUT2D eigenvalue weighted by Crippen LogP contribution is -2.25. The van der Waals surface area contributed by atoms with E-state index >= 15 is 0 Å². The van der Waals surface area contributed by atoms with E-state index in [4.69, 9.17) is 10.5 Å². The van der Waals surface area contributed by atoms with Crippen molar-refractivity contribution in [3.05, 3.63) is 59.7 Å². The van der Waals surface area contributed by atoms with Gasteiger partial charge in [-0.05, 0) is 92.7 Å². The molecule has 3 rings (SSSR count).